The quantitative estimate of drug-likeness (QED) is 0.486. The van der Waals surface area contributed by atoms with E-state index in [4.69, 9.17) is 9.26 Å². The van der Waals surface area contributed by atoms with Crippen molar-refractivity contribution >= 4 is 22.7 Å². The Hall–Kier alpha value is -4.07. The van der Waals surface area contributed by atoms with Gasteiger partial charge in [0.1, 0.15) is 23.3 Å². The van der Waals surface area contributed by atoms with Crippen molar-refractivity contribution in [3.63, 3.8) is 0 Å². The molecule has 1 fully saturated rings. The number of hydrogen-bond acceptors (Lipinski definition) is 5. The van der Waals surface area contributed by atoms with E-state index in [0.717, 1.165) is 16.5 Å². The molecule has 0 saturated carbocycles. The summed E-state index contributed by atoms with van der Waals surface area (Å²) < 4.78 is 12.4. The Labute approximate surface area is 189 Å². The fraction of sp³-hybridized carbons (Fsp3) is 0.240. The molecule has 8 nitrogen and oxygen atoms in total. The summed E-state index contributed by atoms with van der Waals surface area (Å²) in [4.78, 5) is 31.2. The summed E-state index contributed by atoms with van der Waals surface area (Å²) in [5, 5.41) is 4.89. The van der Waals surface area contributed by atoms with Crippen LogP contribution in [0.1, 0.15) is 32.1 Å². The smallest absolute Gasteiger partial charge is 0.272 e. The second-order valence-electron chi connectivity index (χ2n) is 8.45. The van der Waals surface area contributed by atoms with Gasteiger partial charge in [0.2, 0.25) is 0 Å². The third-order valence-corrected chi connectivity index (χ3v) is 6.87. The molecule has 8 heteroatoms. The van der Waals surface area contributed by atoms with Gasteiger partial charge in [-0.1, -0.05) is 35.5 Å². The highest BCUT2D eigenvalue weighted by atomic mass is 16.5. The van der Waals surface area contributed by atoms with Crippen molar-refractivity contribution in [3.05, 3.63) is 83.4 Å². The number of nitrogens with zero attached hydrogens (tertiary/aromatic N) is 4. The Morgan fingerprint density at radius 2 is 1.91 bits per heavy atom. The van der Waals surface area contributed by atoms with Gasteiger partial charge >= 0.3 is 0 Å². The van der Waals surface area contributed by atoms with Gasteiger partial charge in [0, 0.05) is 29.6 Å². The first-order valence-corrected chi connectivity index (χ1v) is 10.8. The number of benzene rings is 2. The molecule has 2 aliphatic heterocycles. The van der Waals surface area contributed by atoms with Crippen LogP contribution in [-0.2, 0) is 12.2 Å². The first-order valence-electron chi connectivity index (χ1n) is 10.8. The van der Waals surface area contributed by atoms with E-state index in [2.05, 4.69) is 5.16 Å². The molecule has 4 aromatic rings. The van der Waals surface area contributed by atoms with Crippen molar-refractivity contribution in [1.82, 2.24) is 19.5 Å². The standard InChI is InChI=1S/C25H22N4O4/c1-16-20(14-33-26-16)23(30)28-11-12-29-24(31)22-13-17-5-3-4-6-21(17)27(22)15-25(28,29)18-7-9-19(32-2)10-8-18/h3-10,13-14H,11-12,15H2,1-2H3. The highest BCUT2D eigenvalue weighted by Gasteiger charge is 2.56. The number of ether oxygens (including phenoxy) is 1. The van der Waals surface area contributed by atoms with Crippen LogP contribution in [0.5, 0.6) is 5.75 Å². The topological polar surface area (TPSA) is 80.8 Å². The van der Waals surface area contributed by atoms with Crippen LogP contribution in [0.2, 0.25) is 0 Å². The van der Waals surface area contributed by atoms with Crippen molar-refractivity contribution in [1.29, 1.82) is 0 Å². The largest absolute Gasteiger partial charge is 0.497 e. The van der Waals surface area contributed by atoms with E-state index in [0.29, 0.717) is 42.3 Å². The highest BCUT2D eigenvalue weighted by molar-refractivity contribution is 6.02. The second kappa shape index (κ2) is 6.96. The molecule has 0 N–H and O–H groups in total. The van der Waals surface area contributed by atoms with Crippen LogP contribution < -0.4 is 4.74 Å². The monoisotopic (exact) mass is 442 g/mol. The Morgan fingerprint density at radius 3 is 2.64 bits per heavy atom. The van der Waals surface area contributed by atoms with Gasteiger partial charge in [0.15, 0.2) is 5.66 Å². The van der Waals surface area contributed by atoms with Crippen molar-refractivity contribution in [2.75, 3.05) is 20.2 Å². The number of fused-ring (bicyclic) bond motifs is 4. The summed E-state index contributed by atoms with van der Waals surface area (Å²) in [7, 11) is 1.61. The minimum atomic E-state index is -0.987. The summed E-state index contributed by atoms with van der Waals surface area (Å²) >= 11 is 0. The molecule has 0 bridgehead atoms. The fourth-order valence-electron chi connectivity index (χ4n) is 5.25. The van der Waals surface area contributed by atoms with Crippen LogP contribution >= 0.6 is 0 Å². The maximum Gasteiger partial charge on any atom is 0.272 e. The van der Waals surface area contributed by atoms with Crippen LogP contribution in [0.15, 0.2) is 65.4 Å². The molecule has 2 aromatic carbocycles. The van der Waals surface area contributed by atoms with Crippen molar-refractivity contribution in [3.8, 4) is 5.75 Å². The molecule has 0 aliphatic carbocycles. The van der Waals surface area contributed by atoms with E-state index in [1.165, 1.54) is 6.26 Å². The number of carbonyl (C=O) groups excluding carboxylic acids is 2. The Morgan fingerprint density at radius 1 is 1.12 bits per heavy atom. The number of aromatic nitrogens is 2. The molecular formula is C25H22N4O4. The lowest BCUT2D eigenvalue weighted by Crippen LogP contribution is -2.60. The summed E-state index contributed by atoms with van der Waals surface area (Å²) in [5.41, 5.74) is 2.39. The maximum atomic E-state index is 13.8. The number of aryl methyl sites for hydroxylation is 1. The molecule has 4 heterocycles. The maximum absolute atomic E-state index is 13.8. The molecule has 2 aliphatic rings. The summed E-state index contributed by atoms with van der Waals surface area (Å²) in [6, 6.07) is 17.5. The van der Waals surface area contributed by atoms with Crippen LogP contribution in [0.3, 0.4) is 0 Å². The van der Waals surface area contributed by atoms with Crippen LogP contribution in [0.25, 0.3) is 10.9 Å². The van der Waals surface area contributed by atoms with E-state index >= 15 is 0 Å². The number of amides is 2. The number of para-hydroxylation sites is 1. The first-order chi connectivity index (χ1) is 16.0. The normalized spacial score (nSPS) is 19.6. The van der Waals surface area contributed by atoms with Gasteiger partial charge in [-0.05, 0) is 31.2 Å². The predicted molar refractivity (Wildman–Crippen MR) is 120 cm³/mol. The van der Waals surface area contributed by atoms with Crippen molar-refractivity contribution in [2.24, 2.45) is 0 Å². The molecular weight excluding hydrogens is 420 g/mol. The van der Waals surface area contributed by atoms with Gasteiger partial charge in [0.25, 0.3) is 11.8 Å². The number of rotatable bonds is 3. The average molecular weight is 442 g/mol. The first kappa shape index (κ1) is 19.6. The van der Waals surface area contributed by atoms with Crippen LogP contribution in [-0.4, -0.2) is 51.5 Å². The van der Waals surface area contributed by atoms with Crippen LogP contribution in [0.4, 0.5) is 0 Å². The van der Waals surface area contributed by atoms with Gasteiger partial charge in [-0.2, -0.15) is 0 Å². The summed E-state index contributed by atoms with van der Waals surface area (Å²) in [5.74, 6) is 0.409. The van der Waals surface area contributed by atoms with Crippen molar-refractivity contribution < 1.29 is 18.8 Å². The minimum Gasteiger partial charge on any atom is -0.497 e. The van der Waals surface area contributed by atoms with E-state index in [9.17, 15) is 9.59 Å². The molecule has 0 radical (unpaired) electrons. The third-order valence-electron chi connectivity index (χ3n) is 6.87. The Balaban J connectivity index is 1.58. The zero-order valence-corrected chi connectivity index (χ0v) is 18.3. The average Bonchev–Trinajstić information content (AvgIpc) is 3.55. The van der Waals surface area contributed by atoms with Gasteiger partial charge < -0.3 is 23.6 Å². The molecule has 1 atom stereocenters. The van der Waals surface area contributed by atoms with Crippen molar-refractivity contribution in [2.45, 2.75) is 19.1 Å². The SMILES string of the molecule is COc1ccc(C23Cn4c(cc5ccccc54)C(=O)N2CCN3C(=O)c2conc2C)cc1. The molecule has 2 amide bonds. The molecule has 6 rings (SSSR count). The van der Waals surface area contributed by atoms with E-state index < -0.39 is 5.66 Å². The molecule has 1 saturated heterocycles. The lowest BCUT2D eigenvalue weighted by Gasteiger charge is -2.47. The summed E-state index contributed by atoms with van der Waals surface area (Å²) in [6.45, 7) is 3.00. The zero-order chi connectivity index (χ0) is 22.7. The number of methoxy groups -OCH3 is 1. The van der Waals surface area contributed by atoms with E-state index in [1.54, 1.807) is 18.9 Å². The lowest BCUT2D eigenvalue weighted by atomic mass is 9.93. The summed E-state index contributed by atoms with van der Waals surface area (Å²) in [6.07, 6.45) is 1.38. The molecule has 33 heavy (non-hydrogen) atoms. The second-order valence-corrected chi connectivity index (χ2v) is 8.45. The molecule has 166 valence electrons. The molecule has 1 unspecified atom stereocenters. The zero-order valence-electron chi connectivity index (χ0n) is 18.3. The lowest BCUT2D eigenvalue weighted by molar-refractivity contribution is -0.00520. The third kappa shape index (κ3) is 2.60. The van der Waals surface area contributed by atoms with Gasteiger partial charge in [-0.15, -0.1) is 0 Å². The Bertz CT molecular complexity index is 1400. The van der Waals surface area contributed by atoms with Gasteiger partial charge in [-0.25, -0.2) is 0 Å². The minimum absolute atomic E-state index is 0.0920. The van der Waals surface area contributed by atoms with E-state index in [1.807, 2.05) is 64.1 Å². The number of carbonyl (C=O) groups is 2. The highest BCUT2D eigenvalue weighted by Crippen LogP contribution is 2.45. The van der Waals surface area contributed by atoms with Gasteiger partial charge in [-0.3, -0.25) is 9.59 Å². The fourth-order valence-corrected chi connectivity index (χ4v) is 5.25. The van der Waals surface area contributed by atoms with Gasteiger partial charge in [0.05, 0.1) is 19.3 Å². The Kier molecular flexibility index (Phi) is 4.14. The number of hydrogen-bond donors (Lipinski definition) is 0. The molecule has 0 spiro atoms. The molecule has 2 aromatic heterocycles. The van der Waals surface area contributed by atoms with E-state index in [-0.39, 0.29) is 11.8 Å². The predicted octanol–water partition coefficient (Wildman–Crippen LogP) is 3.41. The van der Waals surface area contributed by atoms with Crippen LogP contribution in [0, 0.1) is 6.92 Å².